The molecule has 1 atom stereocenters. The van der Waals surface area contributed by atoms with Gasteiger partial charge in [-0.2, -0.15) is 0 Å². The van der Waals surface area contributed by atoms with E-state index in [0.717, 1.165) is 12.5 Å². The van der Waals surface area contributed by atoms with Crippen LogP contribution < -0.4 is 10.2 Å². The van der Waals surface area contributed by atoms with Crippen LogP contribution in [0.1, 0.15) is 51.9 Å². The molecule has 1 N–H and O–H groups in total. The molecule has 0 saturated heterocycles. The summed E-state index contributed by atoms with van der Waals surface area (Å²) in [6.45, 7) is 4.59. The van der Waals surface area contributed by atoms with Gasteiger partial charge in [-0.3, -0.25) is 0 Å². The molecule has 1 unspecified atom stereocenters. The standard InChI is InChI=1S/C19H32N2/c1-3-4-15-21(18-13-9-6-10-14-18)16-19(20-2)17-11-7-5-8-12-17/h6,9-10,13-14,17,19-20H,3-5,7-8,11-12,15-16H2,1-2H3. The molecular weight excluding hydrogens is 256 g/mol. The fraction of sp³-hybridized carbons (Fsp3) is 0.684. The molecule has 1 aliphatic carbocycles. The summed E-state index contributed by atoms with van der Waals surface area (Å²) in [4.78, 5) is 2.58. The molecule has 2 nitrogen and oxygen atoms in total. The maximum absolute atomic E-state index is 3.61. The predicted molar refractivity (Wildman–Crippen MR) is 93.0 cm³/mol. The maximum atomic E-state index is 3.61. The van der Waals surface area contributed by atoms with Gasteiger partial charge in [0, 0.05) is 24.8 Å². The van der Waals surface area contributed by atoms with Gasteiger partial charge in [0.05, 0.1) is 0 Å². The van der Waals surface area contributed by atoms with Crippen molar-refractivity contribution in [2.24, 2.45) is 5.92 Å². The zero-order valence-electron chi connectivity index (χ0n) is 13.9. The van der Waals surface area contributed by atoms with Gasteiger partial charge in [-0.25, -0.2) is 0 Å². The van der Waals surface area contributed by atoms with E-state index >= 15 is 0 Å². The topological polar surface area (TPSA) is 15.3 Å². The van der Waals surface area contributed by atoms with Crippen molar-refractivity contribution in [2.75, 3.05) is 25.0 Å². The Morgan fingerprint density at radius 3 is 2.48 bits per heavy atom. The molecule has 0 heterocycles. The van der Waals surface area contributed by atoms with E-state index in [1.54, 1.807) is 0 Å². The van der Waals surface area contributed by atoms with Gasteiger partial charge in [0.15, 0.2) is 0 Å². The zero-order valence-corrected chi connectivity index (χ0v) is 13.9. The van der Waals surface area contributed by atoms with Gasteiger partial charge in [0.25, 0.3) is 0 Å². The first-order chi connectivity index (χ1) is 10.3. The second-order valence-electron chi connectivity index (χ2n) is 6.43. The third-order valence-corrected chi connectivity index (χ3v) is 4.91. The Balaban J connectivity index is 2.01. The van der Waals surface area contributed by atoms with E-state index in [1.807, 2.05) is 0 Å². The number of nitrogens with zero attached hydrogens (tertiary/aromatic N) is 1. The van der Waals surface area contributed by atoms with Crippen LogP contribution in [0.4, 0.5) is 5.69 Å². The van der Waals surface area contributed by atoms with Crippen LogP contribution in [0.3, 0.4) is 0 Å². The number of unbranched alkanes of at least 4 members (excludes halogenated alkanes) is 1. The number of hydrogen-bond acceptors (Lipinski definition) is 2. The number of para-hydroxylation sites is 1. The first-order valence-corrected chi connectivity index (χ1v) is 8.82. The summed E-state index contributed by atoms with van der Waals surface area (Å²) >= 11 is 0. The largest absolute Gasteiger partial charge is 0.370 e. The fourth-order valence-corrected chi connectivity index (χ4v) is 3.56. The molecule has 118 valence electrons. The van der Waals surface area contributed by atoms with Crippen molar-refractivity contribution in [3.63, 3.8) is 0 Å². The molecule has 1 aromatic rings. The summed E-state index contributed by atoms with van der Waals surface area (Å²) in [5.41, 5.74) is 1.38. The minimum Gasteiger partial charge on any atom is -0.370 e. The summed E-state index contributed by atoms with van der Waals surface area (Å²) in [5, 5.41) is 3.61. The third-order valence-electron chi connectivity index (χ3n) is 4.91. The highest BCUT2D eigenvalue weighted by atomic mass is 15.2. The minimum atomic E-state index is 0.627. The van der Waals surface area contributed by atoms with Gasteiger partial charge in [0.2, 0.25) is 0 Å². The molecule has 1 saturated carbocycles. The van der Waals surface area contributed by atoms with Gasteiger partial charge < -0.3 is 10.2 Å². The van der Waals surface area contributed by atoms with E-state index in [-0.39, 0.29) is 0 Å². The number of anilines is 1. The molecule has 1 aliphatic rings. The lowest BCUT2D eigenvalue weighted by Crippen LogP contribution is -2.45. The van der Waals surface area contributed by atoms with E-state index in [9.17, 15) is 0 Å². The molecular formula is C19H32N2. The second kappa shape index (κ2) is 9.09. The lowest BCUT2D eigenvalue weighted by molar-refractivity contribution is 0.279. The summed E-state index contributed by atoms with van der Waals surface area (Å²) in [7, 11) is 2.14. The van der Waals surface area contributed by atoms with Crippen LogP contribution in [0.25, 0.3) is 0 Å². The summed E-state index contributed by atoms with van der Waals surface area (Å²) in [6.07, 6.45) is 9.62. The van der Waals surface area contributed by atoms with Gasteiger partial charge in [-0.15, -0.1) is 0 Å². The fourth-order valence-electron chi connectivity index (χ4n) is 3.56. The molecule has 0 spiro atoms. The normalized spacial score (nSPS) is 17.6. The summed E-state index contributed by atoms with van der Waals surface area (Å²) in [6, 6.07) is 11.6. The Morgan fingerprint density at radius 2 is 1.86 bits per heavy atom. The monoisotopic (exact) mass is 288 g/mol. The highest BCUT2D eigenvalue weighted by Gasteiger charge is 2.24. The molecule has 0 amide bonds. The minimum absolute atomic E-state index is 0.627. The Kier molecular flexibility index (Phi) is 7.08. The number of benzene rings is 1. The van der Waals surface area contributed by atoms with Gasteiger partial charge in [-0.05, 0) is 44.4 Å². The SMILES string of the molecule is CCCCN(CC(NC)C1CCCCC1)c1ccccc1. The van der Waals surface area contributed by atoms with Crippen LogP contribution in [-0.2, 0) is 0 Å². The van der Waals surface area contributed by atoms with Crippen LogP contribution in [0.15, 0.2) is 30.3 Å². The van der Waals surface area contributed by atoms with Gasteiger partial charge in [-0.1, -0.05) is 50.8 Å². The average molecular weight is 288 g/mol. The van der Waals surface area contributed by atoms with E-state index in [2.05, 4.69) is 54.5 Å². The number of likely N-dealkylation sites (N-methyl/N-ethyl adjacent to an activating group) is 1. The van der Waals surface area contributed by atoms with Crippen LogP contribution >= 0.6 is 0 Å². The molecule has 1 aromatic carbocycles. The van der Waals surface area contributed by atoms with Crippen LogP contribution in [0, 0.1) is 5.92 Å². The molecule has 0 radical (unpaired) electrons. The maximum Gasteiger partial charge on any atom is 0.0366 e. The lowest BCUT2D eigenvalue weighted by atomic mass is 9.83. The number of nitrogens with one attached hydrogen (secondary N) is 1. The van der Waals surface area contributed by atoms with Crippen molar-refractivity contribution >= 4 is 5.69 Å². The molecule has 2 heteroatoms. The summed E-state index contributed by atoms with van der Waals surface area (Å²) in [5.74, 6) is 0.858. The van der Waals surface area contributed by atoms with Crippen molar-refractivity contribution in [3.05, 3.63) is 30.3 Å². The Hall–Kier alpha value is -1.02. The third kappa shape index (κ3) is 5.03. The second-order valence-corrected chi connectivity index (χ2v) is 6.43. The first-order valence-electron chi connectivity index (χ1n) is 8.82. The van der Waals surface area contributed by atoms with Crippen molar-refractivity contribution < 1.29 is 0 Å². The van der Waals surface area contributed by atoms with E-state index in [1.165, 1.54) is 57.2 Å². The van der Waals surface area contributed by atoms with Crippen LogP contribution in [0.2, 0.25) is 0 Å². The van der Waals surface area contributed by atoms with Crippen molar-refractivity contribution in [1.82, 2.24) is 5.32 Å². The smallest absolute Gasteiger partial charge is 0.0366 e. The van der Waals surface area contributed by atoms with Crippen molar-refractivity contribution in [3.8, 4) is 0 Å². The van der Waals surface area contributed by atoms with E-state index < -0.39 is 0 Å². The van der Waals surface area contributed by atoms with Gasteiger partial charge in [0.1, 0.15) is 0 Å². The molecule has 2 rings (SSSR count). The Labute approximate surface area is 130 Å². The first kappa shape index (κ1) is 16.4. The highest BCUT2D eigenvalue weighted by Crippen LogP contribution is 2.27. The highest BCUT2D eigenvalue weighted by molar-refractivity contribution is 5.46. The van der Waals surface area contributed by atoms with Crippen LogP contribution in [0.5, 0.6) is 0 Å². The summed E-state index contributed by atoms with van der Waals surface area (Å²) < 4.78 is 0. The van der Waals surface area contributed by atoms with Crippen LogP contribution in [-0.4, -0.2) is 26.2 Å². The lowest BCUT2D eigenvalue weighted by Gasteiger charge is -2.35. The number of rotatable bonds is 8. The van der Waals surface area contributed by atoms with Gasteiger partial charge >= 0.3 is 0 Å². The van der Waals surface area contributed by atoms with E-state index in [4.69, 9.17) is 0 Å². The van der Waals surface area contributed by atoms with Crippen molar-refractivity contribution in [2.45, 2.75) is 57.9 Å². The number of hydrogen-bond donors (Lipinski definition) is 1. The molecule has 1 fully saturated rings. The quantitative estimate of drug-likeness (QED) is 0.759. The molecule has 0 bridgehead atoms. The zero-order chi connectivity index (χ0) is 14.9. The molecule has 0 aromatic heterocycles. The van der Waals surface area contributed by atoms with Crippen molar-refractivity contribution in [1.29, 1.82) is 0 Å². The Bertz CT molecular complexity index is 370. The molecule has 21 heavy (non-hydrogen) atoms. The van der Waals surface area contributed by atoms with E-state index in [0.29, 0.717) is 6.04 Å². The average Bonchev–Trinajstić information content (AvgIpc) is 2.57. The molecule has 0 aliphatic heterocycles. The Morgan fingerprint density at radius 1 is 1.14 bits per heavy atom. The predicted octanol–water partition coefficient (Wildman–Crippen LogP) is 4.46.